The average molecular weight is 333 g/mol. The Balaban J connectivity index is 1.98. The Kier molecular flexibility index (Phi) is 4.43. The predicted molar refractivity (Wildman–Crippen MR) is 91.1 cm³/mol. The van der Waals surface area contributed by atoms with Gasteiger partial charge >= 0.3 is 0 Å². The van der Waals surface area contributed by atoms with Gasteiger partial charge < -0.3 is 0 Å². The van der Waals surface area contributed by atoms with Gasteiger partial charge in [-0.2, -0.15) is 5.10 Å². The molecule has 0 atom stereocenters. The monoisotopic (exact) mass is 333 g/mol. The summed E-state index contributed by atoms with van der Waals surface area (Å²) in [5, 5.41) is 4.48. The first-order valence-electron chi connectivity index (χ1n) is 8.17. The van der Waals surface area contributed by atoms with E-state index in [9.17, 15) is 8.42 Å². The summed E-state index contributed by atoms with van der Waals surface area (Å²) < 4.78 is 29.5. The maximum Gasteiger partial charge on any atom is 0.267 e. The minimum Gasteiger partial charge on any atom is -0.268 e. The van der Waals surface area contributed by atoms with Crippen molar-refractivity contribution >= 4 is 15.7 Å². The summed E-state index contributed by atoms with van der Waals surface area (Å²) in [4.78, 5) is 0.315. The van der Waals surface area contributed by atoms with Crippen molar-refractivity contribution in [2.45, 2.75) is 50.5 Å². The van der Waals surface area contributed by atoms with Crippen molar-refractivity contribution in [1.82, 2.24) is 9.78 Å². The molecule has 6 heteroatoms. The molecule has 0 saturated heterocycles. The lowest BCUT2D eigenvalue weighted by Gasteiger charge is -2.22. The van der Waals surface area contributed by atoms with Gasteiger partial charge in [0.1, 0.15) is 4.90 Å². The lowest BCUT2D eigenvalue weighted by Crippen LogP contribution is -2.31. The molecule has 1 saturated carbocycles. The van der Waals surface area contributed by atoms with Crippen LogP contribution < -0.4 is 4.31 Å². The van der Waals surface area contributed by atoms with Gasteiger partial charge in [0.2, 0.25) is 0 Å². The fourth-order valence-electron chi connectivity index (χ4n) is 3.28. The SMILES string of the molecule is CCN(c1ccccc1)S(=O)(=O)c1cn(C2CCCC2)nc1C. The van der Waals surface area contributed by atoms with Crippen LogP contribution in [0.25, 0.3) is 0 Å². The number of rotatable bonds is 5. The van der Waals surface area contributed by atoms with E-state index < -0.39 is 10.0 Å². The number of aryl methyl sites for hydroxylation is 1. The normalized spacial score (nSPS) is 15.9. The molecule has 3 rings (SSSR count). The largest absolute Gasteiger partial charge is 0.268 e. The summed E-state index contributed by atoms with van der Waals surface area (Å²) >= 11 is 0. The van der Waals surface area contributed by atoms with Crippen LogP contribution in [0.4, 0.5) is 5.69 Å². The molecule has 1 aromatic carbocycles. The van der Waals surface area contributed by atoms with Gasteiger partial charge in [0, 0.05) is 12.7 Å². The first kappa shape index (κ1) is 16.1. The molecule has 1 heterocycles. The second kappa shape index (κ2) is 6.35. The topological polar surface area (TPSA) is 55.2 Å². The Morgan fingerprint density at radius 3 is 2.48 bits per heavy atom. The van der Waals surface area contributed by atoms with Crippen LogP contribution in [0.1, 0.15) is 44.3 Å². The molecule has 5 nitrogen and oxygen atoms in total. The summed E-state index contributed by atoms with van der Waals surface area (Å²) in [7, 11) is -3.59. The van der Waals surface area contributed by atoms with Crippen LogP contribution in [0.2, 0.25) is 0 Å². The van der Waals surface area contributed by atoms with E-state index in [1.165, 1.54) is 17.1 Å². The van der Waals surface area contributed by atoms with Gasteiger partial charge in [-0.15, -0.1) is 0 Å². The molecule has 1 fully saturated rings. The molecule has 0 N–H and O–H groups in total. The van der Waals surface area contributed by atoms with Crippen LogP contribution in [0.3, 0.4) is 0 Å². The average Bonchev–Trinajstić information content (AvgIpc) is 3.18. The summed E-state index contributed by atoms with van der Waals surface area (Å²) in [5.41, 5.74) is 1.26. The molecular formula is C17H23N3O2S. The first-order chi connectivity index (χ1) is 11.0. The molecule has 0 spiro atoms. The molecule has 1 aromatic heterocycles. The van der Waals surface area contributed by atoms with E-state index in [1.807, 2.05) is 41.9 Å². The number of sulfonamides is 1. The zero-order chi connectivity index (χ0) is 16.4. The molecular weight excluding hydrogens is 310 g/mol. The number of para-hydroxylation sites is 1. The lowest BCUT2D eigenvalue weighted by atomic mass is 10.3. The Bertz CT molecular complexity index is 762. The van der Waals surface area contributed by atoms with Crippen molar-refractivity contribution in [2.75, 3.05) is 10.8 Å². The van der Waals surface area contributed by atoms with Crippen molar-refractivity contribution in [2.24, 2.45) is 0 Å². The predicted octanol–water partition coefficient (Wildman–Crippen LogP) is 3.52. The summed E-state index contributed by atoms with van der Waals surface area (Å²) in [6.45, 7) is 4.01. The van der Waals surface area contributed by atoms with Crippen molar-refractivity contribution in [1.29, 1.82) is 0 Å². The second-order valence-electron chi connectivity index (χ2n) is 6.00. The van der Waals surface area contributed by atoms with Crippen molar-refractivity contribution < 1.29 is 8.42 Å². The van der Waals surface area contributed by atoms with Gasteiger partial charge in [-0.05, 0) is 38.8 Å². The summed E-state index contributed by atoms with van der Waals surface area (Å²) in [6.07, 6.45) is 6.26. The van der Waals surface area contributed by atoms with Gasteiger partial charge in [0.15, 0.2) is 0 Å². The van der Waals surface area contributed by atoms with E-state index in [2.05, 4.69) is 5.10 Å². The second-order valence-corrected chi connectivity index (χ2v) is 7.83. The maximum atomic E-state index is 13.1. The summed E-state index contributed by atoms with van der Waals surface area (Å²) in [6, 6.07) is 9.55. The van der Waals surface area contributed by atoms with E-state index in [4.69, 9.17) is 0 Å². The first-order valence-corrected chi connectivity index (χ1v) is 9.61. The van der Waals surface area contributed by atoms with E-state index in [0.29, 0.717) is 28.9 Å². The summed E-state index contributed by atoms with van der Waals surface area (Å²) in [5.74, 6) is 0. The molecule has 0 amide bonds. The highest BCUT2D eigenvalue weighted by Crippen LogP contribution is 2.31. The standard InChI is InChI=1S/C17H23N3O2S/c1-3-20(16-11-5-4-6-12-16)23(21,22)17-13-19(18-14(17)2)15-9-7-8-10-15/h4-6,11-13,15H,3,7-10H2,1-2H3. The number of nitrogens with zero attached hydrogens (tertiary/aromatic N) is 3. The fourth-order valence-corrected chi connectivity index (χ4v) is 4.91. The highest BCUT2D eigenvalue weighted by atomic mass is 32.2. The number of hydrogen-bond donors (Lipinski definition) is 0. The number of anilines is 1. The molecule has 1 aliphatic carbocycles. The third kappa shape index (κ3) is 3.00. The Morgan fingerprint density at radius 1 is 1.22 bits per heavy atom. The Morgan fingerprint density at radius 2 is 1.87 bits per heavy atom. The zero-order valence-corrected chi connectivity index (χ0v) is 14.5. The highest BCUT2D eigenvalue weighted by Gasteiger charge is 2.29. The van der Waals surface area contributed by atoms with Crippen LogP contribution in [-0.2, 0) is 10.0 Å². The van der Waals surface area contributed by atoms with Crippen LogP contribution in [-0.4, -0.2) is 24.7 Å². The van der Waals surface area contributed by atoms with Gasteiger partial charge in [-0.3, -0.25) is 8.99 Å². The zero-order valence-electron chi connectivity index (χ0n) is 13.6. The van der Waals surface area contributed by atoms with Crippen molar-refractivity contribution in [3.05, 3.63) is 42.2 Å². The van der Waals surface area contributed by atoms with Crippen LogP contribution in [0.5, 0.6) is 0 Å². The highest BCUT2D eigenvalue weighted by molar-refractivity contribution is 7.92. The lowest BCUT2D eigenvalue weighted by molar-refractivity contribution is 0.464. The smallest absolute Gasteiger partial charge is 0.267 e. The number of benzene rings is 1. The quantitative estimate of drug-likeness (QED) is 0.841. The molecule has 1 aliphatic rings. The third-order valence-corrected chi connectivity index (χ3v) is 6.48. The number of hydrogen-bond acceptors (Lipinski definition) is 3. The van der Waals surface area contributed by atoms with Crippen molar-refractivity contribution in [3.63, 3.8) is 0 Å². The third-order valence-electron chi connectivity index (χ3n) is 4.47. The van der Waals surface area contributed by atoms with Crippen molar-refractivity contribution in [3.8, 4) is 0 Å². The Labute approximate surface area is 138 Å². The number of aromatic nitrogens is 2. The molecule has 2 aromatic rings. The minimum atomic E-state index is -3.59. The van der Waals surface area contributed by atoms with Crippen LogP contribution >= 0.6 is 0 Å². The molecule has 0 unspecified atom stereocenters. The van der Waals surface area contributed by atoms with Gasteiger partial charge in [0.05, 0.1) is 17.4 Å². The van der Waals surface area contributed by atoms with Gasteiger partial charge in [0.25, 0.3) is 10.0 Å². The fraction of sp³-hybridized carbons (Fsp3) is 0.471. The molecule has 0 radical (unpaired) electrons. The molecule has 0 bridgehead atoms. The molecule has 124 valence electrons. The van der Waals surface area contributed by atoms with E-state index in [0.717, 1.165) is 12.8 Å². The minimum absolute atomic E-state index is 0.315. The van der Waals surface area contributed by atoms with Crippen LogP contribution in [0.15, 0.2) is 41.4 Å². The van der Waals surface area contributed by atoms with E-state index in [1.54, 1.807) is 13.1 Å². The van der Waals surface area contributed by atoms with E-state index >= 15 is 0 Å². The van der Waals surface area contributed by atoms with Crippen LogP contribution in [0, 0.1) is 6.92 Å². The molecule has 23 heavy (non-hydrogen) atoms. The van der Waals surface area contributed by atoms with E-state index in [-0.39, 0.29) is 0 Å². The van der Waals surface area contributed by atoms with Gasteiger partial charge in [-0.25, -0.2) is 8.42 Å². The molecule has 0 aliphatic heterocycles. The maximum absolute atomic E-state index is 13.1. The van der Waals surface area contributed by atoms with Gasteiger partial charge in [-0.1, -0.05) is 31.0 Å². The Hall–Kier alpha value is -1.82.